The number of aromatic nitrogens is 1. The van der Waals surface area contributed by atoms with E-state index in [1.807, 2.05) is 0 Å². The first kappa shape index (κ1) is 10.2. The van der Waals surface area contributed by atoms with Crippen molar-refractivity contribution in [3.63, 3.8) is 0 Å². The predicted octanol–water partition coefficient (Wildman–Crippen LogP) is 2.45. The maximum Gasteiger partial charge on any atom is 0.228 e. The predicted molar refractivity (Wildman–Crippen MR) is 58.4 cm³/mol. The molecule has 0 bridgehead atoms. The SMILES string of the molecule is O=Nc1cnc(N2CCCCCC2=O)s1. The van der Waals surface area contributed by atoms with Gasteiger partial charge in [-0.05, 0) is 18.0 Å². The van der Waals surface area contributed by atoms with E-state index in [0.29, 0.717) is 23.1 Å². The minimum atomic E-state index is 0.0966. The fourth-order valence-corrected chi connectivity index (χ4v) is 2.35. The number of carbonyl (C=O) groups is 1. The van der Waals surface area contributed by atoms with Crippen LogP contribution in [0.4, 0.5) is 10.1 Å². The molecule has 2 rings (SSSR count). The van der Waals surface area contributed by atoms with Gasteiger partial charge in [0.15, 0.2) is 10.1 Å². The summed E-state index contributed by atoms with van der Waals surface area (Å²) in [5, 5.41) is 3.72. The van der Waals surface area contributed by atoms with E-state index in [2.05, 4.69) is 10.2 Å². The van der Waals surface area contributed by atoms with Gasteiger partial charge in [-0.2, -0.15) is 0 Å². The zero-order valence-corrected chi connectivity index (χ0v) is 9.00. The van der Waals surface area contributed by atoms with E-state index in [1.165, 1.54) is 17.5 Å². The molecular weight excluding hydrogens is 214 g/mol. The van der Waals surface area contributed by atoms with E-state index < -0.39 is 0 Å². The average molecular weight is 225 g/mol. The standard InChI is InChI=1S/C9H11N3O2S/c13-8-4-2-1-3-5-12(8)9-10-6-7(11-14)15-9/h6H,1-5H2. The maximum absolute atomic E-state index is 11.7. The molecular formula is C9H11N3O2S. The highest BCUT2D eigenvalue weighted by Gasteiger charge is 2.20. The van der Waals surface area contributed by atoms with Gasteiger partial charge in [-0.3, -0.25) is 9.69 Å². The molecule has 5 nitrogen and oxygen atoms in total. The largest absolute Gasteiger partial charge is 0.288 e. The molecule has 0 aliphatic carbocycles. The lowest BCUT2D eigenvalue weighted by molar-refractivity contribution is -0.118. The molecule has 1 fully saturated rings. The first-order valence-corrected chi connectivity index (χ1v) is 5.72. The van der Waals surface area contributed by atoms with Gasteiger partial charge in [0.1, 0.15) is 0 Å². The van der Waals surface area contributed by atoms with Gasteiger partial charge in [-0.15, -0.1) is 4.91 Å². The Balaban J connectivity index is 2.19. The highest BCUT2D eigenvalue weighted by Crippen LogP contribution is 2.30. The summed E-state index contributed by atoms with van der Waals surface area (Å²) in [4.78, 5) is 27.7. The van der Waals surface area contributed by atoms with Crippen molar-refractivity contribution in [1.29, 1.82) is 0 Å². The molecule has 15 heavy (non-hydrogen) atoms. The van der Waals surface area contributed by atoms with Gasteiger partial charge in [0.05, 0.1) is 6.20 Å². The van der Waals surface area contributed by atoms with Crippen molar-refractivity contribution >= 4 is 27.4 Å². The number of anilines is 1. The zero-order chi connectivity index (χ0) is 10.7. The summed E-state index contributed by atoms with van der Waals surface area (Å²) in [7, 11) is 0. The average Bonchev–Trinajstić information content (AvgIpc) is 2.62. The summed E-state index contributed by atoms with van der Waals surface area (Å²) >= 11 is 1.17. The molecule has 80 valence electrons. The van der Waals surface area contributed by atoms with Gasteiger partial charge in [0.25, 0.3) is 0 Å². The Hall–Kier alpha value is -1.30. The van der Waals surface area contributed by atoms with Crippen LogP contribution in [-0.2, 0) is 4.79 Å². The summed E-state index contributed by atoms with van der Waals surface area (Å²) in [5.41, 5.74) is 0. The first-order chi connectivity index (χ1) is 7.31. The van der Waals surface area contributed by atoms with Gasteiger partial charge in [-0.1, -0.05) is 17.8 Å². The third-order valence-electron chi connectivity index (χ3n) is 2.38. The molecule has 0 saturated carbocycles. The highest BCUT2D eigenvalue weighted by atomic mass is 32.1. The summed E-state index contributed by atoms with van der Waals surface area (Å²) in [5.74, 6) is 0.0966. The number of nitrogens with zero attached hydrogens (tertiary/aromatic N) is 3. The van der Waals surface area contributed by atoms with E-state index in [1.54, 1.807) is 4.90 Å². The second-order valence-electron chi connectivity index (χ2n) is 3.43. The van der Waals surface area contributed by atoms with Crippen LogP contribution in [0.1, 0.15) is 25.7 Å². The number of rotatable bonds is 2. The lowest BCUT2D eigenvalue weighted by Crippen LogP contribution is -2.29. The summed E-state index contributed by atoms with van der Waals surface area (Å²) in [6.07, 6.45) is 5.00. The Labute approximate surface area is 91.1 Å². The lowest BCUT2D eigenvalue weighted by Gasteiger charge is -2.16. The van der Waals surface area contributed by atoms with Crippen LogP contribution < -0.4 is 4.90 Å². The van der Waals surface area contributed by atoms with E-state index in [9.17, 15) is 9.70 Å². The van der Waals surface area contributed by atoms with Crippen molar-refractivity contribution in [2.75, 3.05) is 11.4 Å². The Bertz CT molecular complexity index is 377. The number of hydrogen-bond acceptors (Lipinski definition) is 5. The van der Waals surface area contributed by atoms with Crippen LogP contribution in [0.5, 0.6) is 0 Å². The minimum Gasteiger partial charge on any atom is -0.288 e. The topological polar surface area (TPSA) is 62.6 Å². The van der Waals surface area contributed by atoms with Crippen molar-refractivity contribution in [3.8, 4) is 0 Å². The molecule has 1 aliphatic heterocycles. The number of carbonyl (C=O) groups excluding carboxylic acids is 1. The first-order valence-electron chi connectivity index (χ1n) is 4.91. The monoisotopic (exact) mass is 225 g/mol. The molecule has 0 N–H and O–H groups in total. The summed E-state index contributed by atoms with van der Waals surface area (Å²) in [6, 6.07) is 0. The maximum atomic E-state index is 11.7. The Morgan fingerprint density at radius 2 is 2.27 bits per heavy atom. The third kappa shape index (κ3) is 2.20. The number of hydrogen-bond donors (Lipinski definition) is 0. The molecule has 6 heteroatoms. The quantitative estimate of drug-likeness (QED) is 0.726. The molecule has 2 heterocycles. The lowest BCUT2D eigenvalue weighted by atomic mass is 10.2. The fourth-order valence-electron chi connectivity index (χ4n) is 1.61. The Kier molecular flexibility index (Phi) is 3.05. The molecule has 0 radical (unpaired) electrons. The van der Waals surface area contributed by atoms with Crippen LogP contribution in [0.25, 0.3) is 0 Å². The third-order valence-corrected chi connectivity index (χ3v) is 3.27. The van der Waals surface area contributed by atoms with E-state index >= 15 is 0 Å². The molecule has 1 aliphatic rings. The molecule has 1 aromatic heterocycles. The number of nitroso groups, excluding NO2 is 1. The van der Waals surface area contributed by atoms with Crippen LogP contribution >= 0.6 is 11.3 Å². The van der Waals surface area contributed by atoms with E-state index in [-0.39, 0.29) is 5.91 Å². The second-order valence-corrected chi connectivity index (χ2v) is 4.42. The van der Waals surface area contributed by atoms with Crippen molar-refractivity contribution < 1.29 is 4.79 Å². The van der Waals surface area contributed by atoms with E-state index in [0.717, 1.165) is 19.3 Å². The van der Waals surface area contributed by atoms with Gasteiger partial charge >= 0.3 is 0 Å². The summed E-state index contributed by atoms with van der Waals surface area (Å²) in [6.45, 7) is 0.699. The second kappa shape index (κ2) is 4.48. The fraction of sp³-hybridized carbons (Fsp3) is 0.556. The highest BCUT2D eigenvalue weighted by molar-refractivity contribution is 7.19. The molecule has 1 saturated heterocycles. The van der Waals surface area contributed by atoms with Gasteiger partial charge in [-0.25, -0.2) is 4.98 Å². The van der Waals surface area contributed by atoms with Crippen LogP contribution in [0.2, 0.25) is 0 Å². The van der Waals surface area contributed by atoms with Gasteiger partial charge < -0.3 is 0 Å². The Morgan fingerprint density at radius 3 is 3.00 bits per heavy atom. The number of thiazole rings is 1. The minimum absolute atomic E-state index is 0.0966. The summed E-state index contributed by atoms with van der Waals surface area (Å²) < 4.78 is 0. The smallest absolute Gasteiger partial charge is 0.228 e. The number of amides is 1. The van der Waals surface area contributed by atoms with Crippen molar-refractivity contribution in [2.45, 2.75) is 25.7 Å². The van der Waals surface area contributed by atoms with Crippen LogP contribution in [0, 0.1) is 4.91 Å². The molecule has 1 aromatic rings. The van der Waals surface area contributed by atoms with Crippen molar-refractivity contribution in [3.05, 3.63) is 11.1 Å². The normalized spacial score (nSPS) is 17.6. The molecule has 0 aromatic carbocycles. The van der Waals surface area contributed by atoms with Crippen molar-refractivity contribution in [2.24, 2.45) is 5.18 Å². The van der Waals surface area contributed by atoms with Crippen LogP contribution in [0.3, 0.4) is 0 Å². The van der Waals surface area contributed by atoms with Gasteiger partial charge in [0.2, 0.25) is 5.91 Å². The zero-order valence-electron chi connectivity index (χ0n) is 8.18. The molecule has 0 unspecified atom stereocenters. The van der Waals surface area contributed by atoms with E-state index in [4.69, 9.17) is 0 Å². The van der Waals surface area contributed by atoms with Crippen molar-refractivity contribution in [1.82, 2.24) is 4.98 Å². The Morgan fingerprint density at radius 1 is 1.40 bits per heavy atom. The molecule has 1 amide bonds. The molecule has 0 atom stereocenters. The van der Waals surface area contributed by atoms with Crippen LogP contribution in [-0.4, -0.2) is 17.4 Å². The van der Waals surface area contributed by atoms with Crippen LogP contribution in [0.15, 0.2) is 11.4 Å². The van der Waals surface area contributed by atoms with Gasteiger partial charge in [0, 0.05) is 13.0 Å². The molecule has 0 spiro atoms.